The summed E-state index contributed by atoms with van der Waals surface area (Å²) in [5, 5.41) is 0. The quantitative estimate of drug-likeness (QED) is 0.500. The third-order valence-corrected chi connectivity index (χ3v) is 3.51. The Balaban J connectivity index is 1.93. The van der Waals surface area contributed by atoms with E-state index < -0.39 is 5.97 Å². The first-order valence-electron chi connectivity index (χ1n) is 7.83. The fraction of sp³-hybridized carbons (Fsp3) is 0.263. The average Bonchev–Trinajstić information content (AvgIpc) is 2.57. The maximum atomic E-state index is 12.2. The lowest BCUT2D eigenvalue weighted by Crippen LogP contribution is -2.20. The Kier molecular flexibility index (Phi) is 5.95. The highest BCUT2D eigenvalue weighted by atomic mass is 16.5. The van der Waals surface area contributed by atoms with Crippen LogP contribution in [-0.2, 0) is 16.0 Å². The van der Waals surface area contributed by atoms with Crippen molar-refractivity contribution in [3.63, 3.8) is 0 Å². The number of hydrogen-bond donors (Lipinski definition) is 1. The lowest BCUT2D eigenvalue weighted by Gasteiger charge is -2.12. The molecule has 2 N–H and O–H groups in total. The van der Waals surface area contributed by atoms with E-state index in [9.17, 15) is 9.59 Å². The second-order valence-electron chi connectivity index (χ2n) is 5.51. The van der Waals surface area contributed by atoms with E-state index in [1.807, 2.05) is 31.2 Å². The molecule has 2 rings (SSSR count). The molecule has 1 unspecified atom stereocenters. The fourth-order valence-corrected chi connectivity index (χ4v) is 2.18. The van der Waals surface area contributed by atoms with Gasteiger partial charge in [-0.25, -0.2) is 4.79 Å². The third-order valence-electron chi connectivity index (χ3n) is 3.51. The summed E-state index contributed by atoms with van der Waals surface area (Å²) in [6.07, 6.45) is 0.569. The second kappa shape index (κ2) is 8.15. The number of carbonyl (C=O) groups is 2. The summed E-state index contributed by atoms with van der Waals surface area (Å²) in [6.45, 7) is 3.88. The summed E-state index contributed by atoms with van der Waals surface area (Å²) in [5.41, 5.74) is 7.78. The Labute approximate surface area is 141 Å². The molecule has 0 radical (unpaired) electrons. The van der Waals surface area contributed by atoms with Crippen LogP contribution in [0, 0.1) is 5.92 Å². The minimum Gasteiger partial charge on any atom is -0.462 e. The number of nitrogen functional groups attached to an aromatic ring is 1. The standard InChI is InChI=1S/C19H21NO4/c1-3-23-19(22)15-6-10-17(11-7-15)24-18(21)13(2)12-14-4-8-16(20)9-5-14/h4-11,13H,3,12,20H2,1-2H3. The van der Waals surface area contributed by atoms with Crippen LogP contribution >= 0.6 is 0 Å². The highest BCUT2D eigenvalue weighted by Crippen LogP contribution is 2.17. The predicted molar refractivity (Wildman–Crippen MR) is 91.8 cm³/mol. The molecule has 2 aromatic rings. The molecule has 0 aliphatic heterocycles. The second-order valence-corrected chi connectivity index (χ2v) is 5.51. The van der Waals surface area contributed by atoms with Gasteiger partial charge < -0.3 is 15.2 Å². The van der Waals surface area contributed by atoms with Gasteiger partial charge >= 0.3 is 11.9 Å². The van der Waals surface area contributed by atoms with E-state index in [0.717, 1.165) is 5.56 Å². The van der Waals surface area contributed by atoms with Gasteiger partial charge in [0.2, 0.25) is 0 Å². The smallest absolute Gasteiger partial charge is 0.338 e. The van der Waals surface area contributed by atoms with Crippen LogP contribution in [0.3, 0.4) is 0 Å². The molecular formula is C19H21NO4. The number of anilines is 1. The van der Waals surface area contributed by atoms with Crippen LogP contribution in [-0.4, -0.2) is 18.5 Å². The molecule has 1 atom stereocenters. The zero-order valence-corrected chi connectivity index (χ0v) is 13.8. The van der Waals surface area contributed by atoms with Gasteiger partial charge in [-0.2, -0.15) is 0 Å². The summed E-state index contributed by atoms with van der Waals surface area (Å²) in [5.74, 6) is -0.613. The summed E-state index contributed by atoms with van der Waals surface area (Å²) in [6, 6.07) is 13.7. The largest absolute Gasteiger partial charge is 0.462 e. The Morgan fingerprint density at radius 1 is 1.04 bits per heavy atom. The first-order chi connectivity index (χ1) is 11.5. The molecule has 0 aromatic heterocycles. The molecule has 0 amide bonds. The maximum absolute atomic E-state index is 12.2. The molecule has 0 saturated carbocycles. The first kappa shape index (κ1) is 17.5. The van der Waals surface area contributed by atoms with E-state index in [2.05, 4.69) is 0 Å². The van der Waals surface area contributed by atoms with Crippen molar-refractivity contribution in [2.75, 3.05) is 12.3 Å². The lowest BCUT2D eigenvalue weighted by molar-refractivity contribution is -0.138. The van der Waals surface area contributed by atoms with E-state index in [1.54, 1.807) is 31.2 Å². The van der Waals surface area contributed by atoms with Crippen molar-refractivity contribution in [2.24, 2.45) is 5.92 Å². The van der Waals surface area contributed by atoms with Crippen molar-refractivity contribution in [1.82, 2.24) is 0 Å². The summed E-state index contributed by atoms with van der Waals surface area (Å²) in [7, 11) is 0. The van der Waals surface area contributed by atoms with Crippen molar-refractivity contribution < 1.29 is 19.1 Å². The van der Waals surface area contributed by atoms with Gasteiger partial charge in [0.15, 0.2) is 0 Å². The zero-order chi connectivity index (χ0) is 17.5. The number of nitrogens with two attached hydrogens (primary N) is 1. The van der Waals surface area contributed by atoms with E-state index in [1.165, 1.54) is 0 Å². The van der Waals surface area contributed by atoms with Gasteiger partial charge in [0.25, 0.3) is 0 Å². The highest BCUT2D eigenvalue weighted by Gasteiger charge is 2.16. The molecule has 0 aliphatic carbocycles. The van der Waals surface area contributed by atoms with E-state index in [4.69, 9.17) is 15.2 Å². The van der Waals surface area contributed by atoms with Gasteiger partial charge in [-0.3, -0.25) is 4.79 Å². The topological polar surface area (TPSA) is 78.6 Å². The summed E-state index contributed by atoms with van der Waals surface area (Å²) < 4.78 is 10.3. The van der Waals surface area contributed by atoms with E-state index >= 15 is 0 Å². The minimum absolute atomic E-state index is 0.293. The SMILES string of the molecule is CCOC(=O)c1ccc(OC(=O)C(C)Cc2ccc(N)cc2)cc1. The normalized spacial score (nSPS) is 11.6. The monoisotopic (exact) mass is 327 g/mol. The molecule has 0 aliphatic rings. The molecule has 0 bridgehead atoms. The number of ether oxygens (including phenoxy) is 2. The number of rotatable bonds is 6. The van der Waals surface area contributed by atoms with E-state index in [-0.39, 0.29) is 11.9 Å². The summed E-state index contributed by atoms with van der Waals surface area (Å²) >= 11 is 0. The van der Waals surface area contributed by atoms with Crippen LogP contribution in [0.25, 0.3) is 0 Å². The lowest BCUT2D eigenvalue weighted by atomic mass is 10.0. The number of carbonyl (C=O) groups excluding carboxylic acids is 2. The number of benzene rings is 2. The Morgan fingerprint density at radius 3 is 2.25 bits per heavy atom. The van der Waals surface area contributed by atoms with Gasteiger partial charge in [0.05, 0.1) is 18.1 Å². The minimum atomic E-state index is -0.396. The van der Waals surface area contributed by atoms with Crippen molar-refractivity contribution in [1.29, 1.82) is 0 Å². The van der Waals surface area contributed by atoms with Crippen LogP contribution in [0.4, 0.5) is 5.69 Å². The molecular weight excluding hydrogens is 306 g/mol. The number of hydrogen-bond acceptors (Lipinski definition) is 5. The molecule has 0 fully saturated rings. The zero-order valence-electron chi connectivity index (χ0n) is 13.8. The van der Waals surface area contributed by atoms with Crippen LogP contribution in [0.15, 0.2) is 48.5 Å². The summed E-state index contributed by atoms with van der Waals surface area (Å²) in [4.78, 5) is 23.7. The van der Waals surface area contributed by atoms with Crippen molar-refractivity contribution >= 4 is 17.6 Å². The predicted octanol–water partition coefficient (Wildman–Crippen LogP) is 3.23. The molecule has 5 heteroatoms. The third kappa shape index (κ3) is 4.84. The van der Waals surface area contributed by atoms with Gasteiger partial charge in [0.1, 0.15) is 5.75 Å². The Bertz CT molecular complexity index is 692. The van der Waals surface area contributed by atoms with Crippen LogP contribution < -0.4 is 10.5 Å². The maximum Gasteiger partial charge on any atom is 0.338 e. The van der Waals surface area contributed by atoms with Gasteiger partial charge in [-0.15, -0.1) is 0 Å². The van der Waals surface area contributed by atoms with Crippen LogP contribution in [0.1, 0.15) is 29.8 Å². The molecule has 126 valence electrons. The van der Waals surface area contributed by atoms with Crippen LogP contribution in [0.5, 0.6) is 5.75 Å². The Morgan fingerprint density at radius 2 is 1.67 bits per heavy atom. The molecule has 24 heavy (non-hydrogen) atoms. The fourth-order valence-electron chi connectivity index (χ4n) is 2.18. The van der Waals surface area contributed by atoms with Gasteiger partial charge in [-0.05, 0) is 55.3 Å². The number of esters is 2. The Hall–Kier alpha value is -2.82. The van der Waals surface area contributed by atoms with Gasteiger partial charge in [0, 0.05) is 5.69 Å². The first-order valence-corrected chi connectivity index (χ1v) is 7.83. The van der Waals surface area contributed by atoms with Gasteiger partial charge in [-0.1, -0.05) is 19.1 Å². The molecule has 2 aromatic carbocycles. The molecule has 5 nitrogen and oxygen atoms in total. The average molecular weight is 327 g/mol. The highest BCUT2D eigenvalue weighted by molar-refractivity contribution is 5.89. The van der Waals surface area contributed by atoms with Crippen molar-refractivity contribution in [3.8, 4) is 5.75 Å². The van der Waals surface area contributed by atoms with Crippen LogP contribution in [0.2, 0.25) is 0 Å². The molecule has 0 heterocycles. The molecule has 0 spiro atoms. The van der Waals surface area contributed by atoms with E-state index in [0.29, 0.717) is 30.0 Å². The molecule has 0 saturated heterocycles. The van der Waals surface area contributed by atoms with Crippen molar-refractivity contribution in [2.45, 2.75) is 20.3 Å². The van der Waals surface area contributed by atoms with Crippen molar-refractivity contribution in [3.05, 3.63) is 59.7 Å².